The number of ketones is 1. The van der Waals surface area contributed by atoms with E-state index in [-0.39, 0.29) is 11.8 Å². The molecule has 0 saturated carbocycles. The van der Waals surface area contributed by atoms with Crippen molar-refractivity contribution in [3.63, 3.8) is 0 Å². The molecule has 0 spiro atoms. The molecule has 2 aromatic carbocycles. The van der Waals surface area contributed by atoms with Crippen molar-refractivity contribution >= 4 is 11.7 Å². The van der Waals surface area contributed by atoms with Gasteiger partial charge in [0.15, 0.2) is 17.3 Å². The second kappa shape index (κ2) is 8.41. The summed E-state index contributed by atoms with van der Waals surface area (Å²) in [4.78, 5) is 16.7. The number of ether oxygens (including phenoxy) is 2. The van der Waals surface area contributed by atoms with E-state index in [1.165, 1.54) is 6.33 Å². The number of nitrogens with one attached hydrogen (secondary N) is 1. The fraction of sp³-hybridized carbons (Fsp3) is 0.261. The predicted octanol–water partition coefficient (Wildman–Crippen LogP) is 4.13. The molecule has 0 aliphatic carbocycles. The quantitative estimate of drug-likeness (QED) is 0.638. The number of hydrogen-bond acceptors (Lipinski definition) is 6. The summed E-state index contributed by atoms with van der Waals surface area (Å²) in [6, 6.07) is 15.3. The third kappa shape index (κ3) is 3.78. The smallest absolute Gasteiger partial charge is 0.226 e. The standard InChI is InChI=1S/C23H24N4O3/c1-4-29-20-12-18(10-11-19(20)30-13-17-8-6-5-7-9-17)22-21(16(3)28)15(2)26-23-24-14-25-27(22)23/h5-12,14,22H,4,13H2,1-3H3,(H,24,25,26)/t22-/m0/s1. The summed E-state index contributed by atoms with van der Waals surface area (Å²) >= 11 is 0. The molecule has 7 heteroatoms. The second-order valence-electron chi connectivity index (χ2n) is 7.06. The minimum absolute atomic E-state index is 0.0199. The maximum atomic E-state index is 12.4. The zero-order valence-corrected chi connectivity index (χ0v) is 17.3. The van der Waals surface area contributed by atoms with Crippen LogP contribution in [0.5, 0.6) is 11.5 Å². The molecule has 1 aromatic heterocycles. The first-order valence-electron chi connectivity index (χ1n) is 9.90. The van der Waals surface area contributed by atoms with Gasteiger partial charge in [0.1, 0.15) is 19.0 Å². The average molecular weight is 404 g/mol. The summed E-state index contributed by atoms with van der Waals surface area (Å²) in [5.41, 5.74) is 3.37. The van der Waals surface area contributed by atoms with Crippen LogP contribution < -0.4 is 14.8 Å². The normalized spacial score (nSPS) is 15.4. The largest absolute Gasteiger partial charge is 0.490 e. The number of hydrogen-bond donors (Lipinski definition) is 1. The lowest BCUT2D eigenvalue weighted by Crippen LogP contribution is -2.27. The van der Waals surface area contributed by atoms with Crippen molar-refractivity contribution in [1.29, 1.82) is 0 Å². The first kappa shape index (κ1) is 19.7. The Kier molecular flexibility index (Phi) is 5.52. The summed E-state index contributed by atoms with van der Waals surface area (Å²) < 4.78 is 13.6. The van der Waals surface area contributed by atoms with Crippen LogP contribution in [0.3, 0.4) is 0 Å². The van der Waals surface area contributed by atoms with Crippen LogP contribution in [0, 0.1) is 0 Å². The number of Topliss-reactive ketones (excluding diaryl/α,β-unsaturated/α-hetero) is 1. The second-order valence-corrected chi connectivity index (χ2v) is 7.06. The molecule has 3 aromatic rings. The number of rotatable bonds is 7. The third-order valence-corrected chi connectivity index (χ3v) is 4.99. The van der Waals surface area contributed by atoms with Crippen LogP contribution in [0.15, 0.2) is 66.1 Å². The van der Waals surface area contributed by atoms with Gasteiger partial charge < -0.3 is 14.8 Å². The van der Waals surface area contributed by atoms with E-state index in [2.05, 4.69) is 15.4 Å². The van der Waals surface area contributed by atoms with Crippen LogP contribution in [0.25, 0.3) is 0 Å². The fourth-order valence-corrected chi connectivity index (χ4v) is 3.67. The molecular formula is C23H24N4O3. The van der Waals surface area contributed by atoms with Crippen molar-refractivity contribution in [2.24, 2.45) is 0 Å². The van der Waals surface area contributed by atoms with Gasteiger partial charge in [-0.15, -0.1) is 0 Å². The Hall–Kier alpha value is -3.61. The van der Waals surface area contributed by atoms with Gasteiger partial charge in [-0.05, 0) is 44.0 Å². The van der Waals surface area contributed by atoms with Crippen LogP contribution in [-0.2, 0) is 11.4 Å². The van der Waals surface area contributed by atoms with E-state index in [1.807, 2.05) is 62.4 Å². The highest BCUT2D eigenvalue weighted by atomic mass is 16.5. The van der Waals surface area contributed by atoms with Crippen molar-refractivity contribution in [1.82, 2.24) is 14.8 Å². The van der Waals surface area contributed by atoms with Gasteiger partial charge in [0.25, 0.3) is 0 Å². The number of carbonyl (C=O) groups is 1. The number of aromatic nitrogens is 3. The third-order valence-electron chi connectivity index (χ3n) is 4.99. The lowest BCUT2D eigenvalue weighted by Gasteiger charge is -2.28. The van der Waals surface area contributed by atoms with Crippen LogP contribution in [0.4, 0.5) is 5.95 Å². The number of anilines is 1. The van der Waals surface area contributed by atoms with E-state index in [1.54, 1.807) is 11.6 Å². The van der Waals surface area contributed by atoms with Gasteiger partial charge >= 0.3 is 0 Å². The van der Waals surface area contributed by atoms with Gasteiger partial charge in [0.2, 0.25) is 5.95 Å². The van der Waals surface area contributed by atoms with Crippen LogP contribution in [0.2, 0.25) is 0 Å². The molecule has 7 nitrogen and oxygen atoms in total. The van der Waals surface area contributed by atoms with E-state index in [9.17, 15) is 4.79 Å². The molecule has 0 unspecified atom stereocenters. The van der Waals surface area contributed by atoms with E-state index < -0.39 is 0 Å². The maximum absolute atomic E-state index is 12.4. The van der Waals surface area contributed by atoms with Crippen molar-refractivity contribution in [3.05, 3.63) is 77.3 Å². The van der Waals surface area contributed by atoms with Crippen LogP contribution in [0.1, 0.15) is 37.9 Å². The molecule has 4 rings (SSSR count). The first-order chi connectivity index (χ1) is 14.6. The van der Waals surface area contributed by atoms with Gasteiger partial charge in [-0.3, -0.25) is 4.79 Å². The van der Waals surface area contributed by atoms with E-state index in [4.69, 9.17) is 9.47 Å². The van der Waals surface area contributed by atoms with Gasteiger partial charge in [-0.1, -0.05) is 36.4 Å². The average Bonchev–Trinajstić information content (AvgIpc) is 3.20. The number of nitrogens with zero attached hydrogens (tertiary/aromatic N) is 3. The lowest BCUT2D eigenvalue weighted by molar-refractivity contribution is -0.114. The number of carbonyl (C=O) groups excluding carboxylic acids is 1. The predicted molar refractivity (Wildman–Crippen MR) is 114 cm³/mol. The minimum Gasteiger partial charge on any atom is -0.490 e. The minimum atomic E-state index is -0.386. The highest BCUT2D eigenvalue weighted by Crippen LogP contribution is 2.38. The monoisotopic (exact) mass is 404 g/mol. The molecule has 1 N–H and O–H groups in total. The Morgan fingerprint density at radius 3 is 2.67 bits per heavy atom. The zero-order valence-electron chi connectivity index (χ0n) is 17.3. The van der Waals surface area contributed by atoms with Crippen molar-refractivity contribution in [2.45, 2.75) is 33.4 Å². The molecule has 0 fully saturated rings. The summed E-state index contributed by atoms with van der Waals surface area (Å²) in [5.74, 6) is 1.87. The molecule has 0 bridgehead atoms. The highest BCUT2D eigenvalue weighted by molar-refractivity contribution is 5.96. The molecule has 1 aliphatic rings. The van der Waals surface area contributed by atoms with E-state index in [0.29, 0.717) is 36.2 Å². The number of fused-ring (bicyclic) bond motifs is 1. The van der Waals surface area contributed by atoms with Gasteiger partial charge in [0.05, 0.1) is 6.61 Å². The Morgan fingerprint density at radius 2 is 1.93 bits per heavy atom. The van der Waals surface area contributed by atoms with Gasteiger partial charge in [-0.2, -0.15) is 10.1 Å². The molecule has 0 saturated heterocycles. The van der Waals surface area contributed by atoms with E-state index >= 15 is 0 Å². The summed E-state index contributed by atoms with van der Waals surface area (Å²) in [6.07, 6.45) is 1.48. The Balaban J connectivity index is 1.70. The SMILES string of the molecule is CCOc1cc([C@H]2C(C(C)=O)=C(C)Nc3ncnn32)ccc1OCc1ccccc1. The lowest BCUT2D eigenvalue weighted by atomic mass is 9.93. The highest BCUT2D eigenvalue weighted by Gasteiger charge is 2.32. The molecular weight excluding hydrogens is 380 g/mol. The van der Waals surface area contributed by atoms with E-state index in [0.717, 1.165) is 16.8 Å². The Labute approximate surface area is 175 Å². The summed E-state index contributed by atoms with van der Waals surface area (Å²) in [7, 11) is 0. The Morgan fingerprint density at radius 1 is 1.13 bits per heavy atom. The topological polar surface area (TPSA) is 78.3 Å². The van der Waals surface area contributed by atoms with Crippen molar-refractivity contribution in [3.8, 4) is 11.5 Å². The first-order valence-corrected chi connectivity index (χ1v) is 9.90. The molecule has 30 heavy (non-hydrogen) atoms. The van der Waals surface area contributed by atoms with Crippen LogP contribution in [-0.4, -0.2) is 27.2 Å². The van der Waals surface area contributed by atoms with Crippen molar-refractivity contribution < 1.29 is 14.3 Å². The fourth-order valence-electron chi connectivity index (χ4n) is 3.67. The molecule has 154 valence electrons. The van der Waals surface area contributed by atoms with Crippen LogP contribution >= 0.6 is 0 Å². The Bertz CT molecular complexity index is 1090. The zero-order chi connectivity index (χ0) is 21.1. The molecule has 0 radical (unpaired) electrons. The number of allylic oxidation sites excluding steroid dienone is 2. The maximum Gasteiger partial charge on any atom is 0.226 e. The van der Waals surface area contributed by atoms with Crippen molar-refractivity contribution in [2.75, 3.05) is 11.9 Å². The summed E-state index contributed by atoms with van der Waals surface area (Å²) in [5, 5.41) is 7.49. The molecule has 0 amide bonds. The summed E-state index contributed by atoms with van der Waals surface area (Å²) in [6.45, 7) is 6.32. The van der Waals surface area contributed by atoms with Gasteiger partial charge in [0, 0.05) is 11.3 Å². The van der Waals surface area contributed by atoms with Gasteiger partial charge in [-0.25, -0.2) is 4.68 Å². The number of benzene rings is 2. The molecule has 1 aliphatic heterocycles. The molecule has 1 atom stereocenters. The molecule has 2 heterocycles.